The average Bonchev–Trinajstić information content (AvgIpc) is 4.44. The predicted molar refractivity (Wildman–Crippen MR) is 330 cm³/mol. The van der Waals surface area contributed by atoms with E-state index in [-0.39, 0.29) is 46.0 Å². The minimum atomic E-state index is -0.0741. The van der Waals surface area contributed by atoms with Crippen molar-refractivity contribution in [3.8, 4) is 0 Å². The number of amides is 2. The number of hydrogen-bond acceptors (Lipinski definition) is 14. The van der Waals surface area contributed by atoms with Gasteiger partial charge in [-0.25, -0.2) is 0 Å². The van der Waals surface area contributed by atoms with Crippen LogP contribution in [0.4, 0.5) is 0 Å². The molecule has 0 spiro atoms. The Morgan fingerprint density at radius 2 is 0.583 bits per heavy atom. The average molecular weight is 1290 g/mol. The summed E-state index contributed by atoms with van der Waals surface area (Å²) in [5.74, 6) is 5.92. The molecule has 18 nitrogen and oxygen atoms in total. The van der Waals surface area contributed by atoms with Gasteiger partial charge in [-0.3, -0.25) is 9.59 Å². The van der Waals surface area contributed by atoms with Crippen molar-refractivity contribution in [2.24, 2.45) is 10.2 Å². The van der Waals surface area contributed by atoms with Crippen molar-refractivity contribution < 1.29 is 81.6 Å². The summed E-state index contributed by atoms with van der Waals surface area (Å²) >= 11 is 0. The van der Waals surface area contributed by atoms with Gasteiger partial charge in [-0.2, -0.15) is 0 Å². The van der Waals surface area contributed by atoms with Crippen LogP contribution in [0.15, 0.2) is 10.2 Å². The zero-order valence-electron chi connectivity index (χ0n) is 49.8. The molecule has 4 saturated carbocycles. The third kappa shape index (κ3) is 56.2. The number of unbranched alkanes of at least 4 members (excludes halogenated alkanes) is 16. The maximum Gasteiger partial charge on any atom is 2.00 e. The first-order valence-corrected chi connectivity index (χ1v) is 32.4. The van der Waals surface area contributed by atoms with E-state index < -0.39 is 0 Å². The van der Waals surface area contributed by atoms with E-state index in [9.17, 15) is 9.59 Å². The van der Waals surface area contributed by atoms with Crippen LogP contribution in [0, 0.1) is 126 Å². The SMILES string of the molecule is O=C(NCCOCCOCCOCCOCCCCCCCCCCCSSCCCCCCCCCCCOCCOCCOCCOCCNC(=O)[C]1[CH][CH][CH][CH]1)[C]1[CH][CH][CH][CH]1.[Fe+2].[Fe+2].[N-]=[N+]=NC[C]1[CH][CH][CH][CH]1.[N-]=[N+]=NC[C]1[CH][CH][CH][CH]1. The zero-order valence-corrected chi connectivity index (χ0v) is 53.7. The smallest absolute Gasteiger partial charge is 0.379 e. The summed E-state index contributed by atoms with van der Waals surface area (Å²) < 4.78 is 44.5. The van der Waals surface area contributed by atoms with Crippen LogP contribution in [0.1, 0.15) is 116 Å². The van der Waals surface area contributed by atoms with E-state index in [1.54, 1.807) is 25.7 Å². The predicted octanol–water partition coefficient (Wildman–Crippen LogP) is 12.0. The largest absolute Gasteiger partial charge is 2.00 e. The van der Waals surface area contributed by atoms with Crippen LogP contribution in [0.5, 0.6) is 0 Å². The molecule has 4 aliphatic carbocycles. The second-order valence-electron chi connectivity index (χ2n) is 19.1. The Kier molecular flexibility index (Phi) is 67.1. The summed E-state index contributed by atoms with van der Waals surface area (Å²) in [5, 5.41) is 12.4. The molecule has 4 rings (SSSR count). The Morgan fingerprint density at radius 3 is 0.869 bits per heavy atom. The summed E-state index contributed by atoms with van der Waals surface area (Å²) in [6.45, 7) is 11.1. The maximum atomic E-state index is 11.8. The van der Waals surface area contributed by atoms with Gasteiger partial charge in [-0.15, -0.1) is 0 Å². The van der Waals surface area contributed by atoms with Crippen molar-refractivity contribution in [2.75, 3.05) is 143 Å². The van der Waals surface area contributed by atoms with Crippen molar-refractivity contribution in [3.05, 3.63) is 147 Å². The Labute approximate surface area is 538 Å². The molecule has 0 aromatic carbocycles. The number of carbonyl (C=O) groups is 2. The number of hydrogen-bond donors (Lipinski definition) is 2. The van der Waals surface area contributed by atoms with E-state index in [2.05, 4.69) is 52.3 Å². The fourth-order valence-corrected chi connectivity index (χ4v) is 10.1. The topological polar surface area (TPSA) is 230 Å². The van der Waals surface area contributed by atoms with Gasteiger partial charge in [0, 0.05) is 60.7 Å². The fourth-order valence-electron chi connectivity index (χ4n) is 7.84. The number of rotatable bonds is 55. The van der Waals surface area contributed by atoms with Crippen LogP contribution in [0.25, 0.3) is 20.9 Å². The molecule has 0 saturated heterocycles. The normalized spacial score (nSPS) is 15.3. The molecule has 0 atom stereocenters. The molecule has 22 heteroatoms. The molecule has 4 aliphatic rings. The summed E-state index contributed by atoms with van der Waals surface area (Å²) in [5.41, 5.74) is 15.8. The molecular weight excluding hydrogens is 1190 g/mol. The molecule has 4 fully saturated rings. The molecule has 470 valence electrons. The molecule has 0 heterocycles. The van der Waals surface area contributed by atoms with E-state index in [1.807, 2.05) is 77.0 Å². The molecule has 0 bridgehead atoms. The van der Waals surface area contributed by atoms with Crippen LogP contribution < -0.4 is 10.6 Å². The van der Waals surface area contributed by atoms with Crippen molar-refractivity contribution >= 4 is 33.4 Å². The molecule has 0 aromatic heterocycles. The molecule has 2 amide bonds. The number of carbonyl (C=O) groups excluding carboxylic acids is 2. The third-order valence-corrected chi connectivity index (χ3v) is 14.9. The summed E-state index contributed by atoms with van der Waals surface area (Å²) in [4.78, 5) is 28.9. The Bertz CT molecular complexity index is 1410. The second-order valence-corrected chi connectivity index (χ2v) is 21.8. The fraction of sp³-hybridized carbons (Fsp3) is 0.645. The number of ether oxygens (including phenoxy) is 8. The minimum absolute atomic E-state index is 0. The standard InChI is InChI=1S/C50H86N2O10S2.2C6H6N3.2Fe/c53-49(47-23-15-16-24-47)51-27-31-57-35-39-61-43-41-59-37-33-55-29-19-11-7-3-1-5-9-13-21-45-63-64-46-22-14-10-6-2-4-8-12-20-30-56-34-38-60-42-44-62-40-36-58-32-28-52-50(54)48-25-17-18-26-48;2*7-9-8-5-6-3-1-2-4-6;;/h15-18,23-26H,1-14,19-22,27-46H2,(H,51,53)(H,52,54);2*1-4H,5H2;;/q;;;2*+2. The van der Waals surface area contributed by atoms with Crippen LogP contribution >= 0.6 is 21.6 Å². The number of nitrogens with one attached hydrogen (secondary N) is 2. The van der Waals surface area contributed by atoms with E-state index in [4.69, 9.17) is 49.0 Å². The van der Waals surface area contributed by atoms with Crippen molar-refractivity contribution in [1.29, 1.82) is 0 Å². The molecule has 20 radical (unpaired) electrons. The van der Waals surface area contributed by atoms with E-state index in [1.165, 1.54) is 114 Å². The summed E-state index contributed by atoms with van der Waals surface area (Å²) in [6, 6.07) is 0. The maximum absolute atomic E-state index is 11.8. The Balaban J connectivity index is 0.00000290. The third-order valence-electron chi connectivity index (χ3n) is 12.4. The number of nitrogens with zero attached hydrogens (tertiary/aromatic N) is 6. The van der Waals surface area contributed by atoms with Gasteiger partial charge in [0.15, 0.2) is 0 Å². The van der Waals surface area contributed by atoms with Crippen molar-refractivity contribution in [2.45, 2.75) is 116 Å². The first kappa shape index (κ1) is 83.0. The minimum Gasteiger partial charge on any atom is -0.379 e. The van der Waals surface area contributed by atoms with Gasteiger partial charge in [0.2, 0.25) is 11.8 Å². The van der Waals surface area contributed by atoms with Crippen molar-refractivity contribution in [3.63, 3.8) is 0 Å². The molecule has 0 aromatic rings. The quantitative estimate of drug-likeness (QED) is 0.0145. The molecular formula is C62H98Fe2N8O10S2+4. The van der Waals surface area contributed by atoms with Gasteiger partial charge in [0.25, 0.3) is 0 Å². The van der Waals surface area contributed by atoms with Gasteiger partial charge >= 0.3 is 34.1 Å². The first-order chi connectivity index (χ1) is 40.6. The van der Waals surface area contributed by atoms with E-state index >= 15 is 0 Å². The van der Waals surface area contributed by atoms with Crippen LogP contribution in [-0.2, 0) is 81.6 Å². The van der Waals surface area contributed by atoms with Gasteiger partial charge in [0.05, 0.1) is 104 Å². The Morgan fingerprint density at radius 1 is 0.345 bits per heavy atom. The van der Waals surface area contributed by atoms with Gasteiger partial charge in [-0.05, 0) is 151 Å². The monoisotopic (exact) mass is 1290 g/mol. The molecule has 2 N–H and O–H groups in total. The van der Waals surface area contributed by atoms with Gasteiger partial charge in [0.1, 0.15) is 0 Å². The zero-order chi connectivity index (χ0) is 58.4. The van der Waals surface area contributed by atoms with Gasteiger partial charge in [-0.1, -0.05) is 122 Å². The van der Waals surface area contributed by atoms with Crippen molar-refractivity contribution in [1.82, 2.24) is 10.6 Å². The van der Waals surface area contributed by atoms with E-state index in [0.29, 0.717) is 131 Å². The first-order valence-electron chi connectivity index (χ1n) is 29.9. The van der Waals surface area contributed by atoms with Crippen LogP contribution in [-0.4, -0.2) is 155 Å². The second kappa shape index (κ2) is 67.9. The Hall–Kier alpha value is -1.02. The summed E-state index contributed by atoms with van der Waals surface area (Å²) in [7, 11) is 4.16. The van der Waals surface area contributed by atoms with E-state index in [0.717, 1.165) is 37.9 Å². The molecule has 0 aliphatic heterocycles. The molecule has 0 unspecified atom stereocenters. The van der Waals surface area contributed by atoms with Gasteiger partial charge < -0.3 is 48.5 Å². The summed E-state index contributed by atoms with van der Waals surface area (Å²) in [6.07, 6.45) is 53.7. The van der Waals surface area contributed by atoms with Crippen LogP contribution in [0.3, 0.4) is 0 Å². The molecule has 84 heavy (non-hydrogen) atoms. The van der Waals surface area contributed by atoms with Crippen LogP contribution in [0.2, 0.25) is 0 Å². The number of azide groups is 2.